The average Bonchev–Trinajstić information content (AvgIpc) is 3.33. The summed E-state index contributed by atoms with van der Waals surface area (Å²) in [7, 11) is 0. The number of nitrogens with zero attached hydrogens (tertiary/aromatic N) is 3. The summed E-state index contributed by atoms with van der Waals surface area (Å²) in [4.78, 5) is 12.0. The molecule has 1 saturated carbocycles. The zero-order valence-electron chi connectivity index (χ0n) is 12.9. The van der Waals surface area contributed by atoms with Crippen LogP contribution in [0.1, 0.15) is 31.4 Å². The molecular weight excluding hydrogens is 292 g/mol. The Morgan fingerprint density at radius 3 is 2.83 bits per heavy atom. The fraction of sp³-hybridized carbons (Fsp3) is 0.353. The van der Waals surface area contributed by atoms with Crippen molar-refractivity contribution in [3.05, 3.63) is 42.1 Å². The maximum absolute atomic E-state index is 12.0. The van der Waals surface area contributed by atoms with Crippen molar-refractivity contribution in [3.8, 4) is 11.8 Å². The van der Waals surface area contributed by atoms with Gasteiger partial charge in [0.25, 0.3) is 5.91 Å². The van der Waals surface area contributed by atoms with Crippen molar-refractivity contribution < 1.29 is 9.53 Å². The van der Waals surface area contributed by atoms with E-state index in [0.717, 1.165) is 0 Å². The summed E-state index contributed by atoms with van der Waals surface area (Å²) in [5.74, 6) is 1.66. The molecule has 0 radical (unpaired) electrons. The van der Waals surface area contributed by atoms with Crippen molar-refractivity contribution in [2.45, 2.75) is 25.8 Å². The van der Waals surface area contributed by atoms with Gasteiger partial charge in [0.1, 0.15) is 11.6 Å². The van der Waals surface area contributed by atoms with Gasteiger partial charge < -0.3 is 10.1 Å². The van der Waals surface area contributed by atoms with Crippen LogP contribution < -0.4 is 10.1 Å². The molecule has 1 aromatic heterocycles. The monoisotopic (exact) mass is 310 g/mol. The first-order valence-electron chi connectivity index (χ1n) is 7.63. The fourth-order valence-corrected chi connectivity index (χ4v) is 2.47. The van der Waals surface area contributed by atoms with Crippen LogP contribution in [0.5, 0.6) is 5.75 Å². The van der Waals surface area contributed by atoms with Crippen molar-refractivity contribution >= 4 is 11.7 Å². The van der Waals surface area contributed by atoms with Gasteiger partial charge in [-0.3, -0.25) is 4.79 Å². The molecule has 0 aliphatic heterocycles. The summed E-state index contributed by atoms with van der Waals surface area (Å²) in [5, 5.41) is 15.9. The minimum Gasteiger partial charge on any atom is -0.484 e. The summed E-state index contributed by atoms with van der Waals surface area (Å²) >= 11 is 0. The van der Waals surface area contributed by atoms with Crippen LogP contribution in [0.3, 0.4) is 0 Å². The van der Waals surface area contributed by atoms with E-state index < -0.39 is 0 Å². The van der Waals surface area contributed by atoms with Crippen molar-refractivity contribution in [3.63, 3.8) is 0 Å². The average molecular weight is 310 g/mol. The van der Waals surface area contributed by atoms with Crippen LogP contribution in [0.4, 0.5) is 5.82 Å². The Kier molecular flexibility index (Phi) is 4.29. The van der Waals surface area contributed by atoms with Crippen LogP contribution in [0.2, 0.25) is 0 Å². The number of hydrogen-bond donors (Lipinski definition) is 1. The largest absolute Gasteiger partial charge is 0.484 e. The second-order valence-corrected chi connectivity index (χ2v) is 5.71. The topological polar surface area (TPSA) is 79.9 Å². The number of hydrogen-bond acceptors (Lipinski definition) is 4. The minimum absolute atomic E-state index is 0.0884. The summed E-state index contributed by atoms with van der Waals surface area (Å²) in [5.41, 5.74) is 0.555. The van der Waals surface area contributed by atoms with E-state index in [4.69, 9.17) is 10.00 Å². The van der Waals surface area contributed by atoms with E-state index in [1.165, 1.54) is 12.8 Å². The highest BCUT2D eigenvalue weighted by atomic mass is 16.5. The van der Waals surface area contributed by atoms with E-state index in [9.17, 15) is 4.79 Å². The number of ether oxygens (including phenoxy) is 1. The third-order valence-electron chi connectivity index (χ3n) is 3.98. The van der Waals surface area contributed by atoms with Gasteiger partial charge in [0.2, 0.25) is 0 Å². The smallest absolute Gasteiger partial charge is 0.263 e. The Morgan fingerprint density at radius 2 is 2.17 bits per heavy atom. The van der Waals surface area contributed by atoms with Gasteiger partial charge >= 0.3 is 0 Å². The molecule has 1 aliphatic carbocycles. The third-order valence-corrected chi connectivity index (χ3v) is 3.98. The van der Waals surface area contributed by atoms with Crippen LogP contribution >= 0.6 is 0 Å². The van der Waals surface area contributed by atoms with Gasteiger partial charge in [0.15, 0.2) is 6.61 Å². The quantitative estimate of drug-likeness (QED) is 0.889. The molecule has 1 N–H and O–H groups in total. The highest BCUT2D eigenvalue weighted by Crippen LogP contribution is 2.40. The number of nitriles is 1. The van der Waals surface area contributed by atoms with Crippen molar-refractivity contribution in [1.82, 2.24) is 9.78 Å². The molecular formula is C17H18N4O2. The number of benzene rings is 1. The van der Waals surface area contributed by atoms with E-state index in [1.807, 2.05) is 10.8 Å². The van der Waals surface area contributed by atoms with Crippen molar-refractivity contribution in [2.24, 2.45) is 5.92 Å². The van der Waals surface area contributed by atoms with E-state index >= 15 is 0 Å². The van der Waals surface area contributed by atoms with Gasteiger partial charge in [0.05, 0.1) is 23.9 Å². The molecule has 3 rings (SSSR count). The number of rotatable bonds is 6. The lowest BCUT2D eigenvalue weighted by Gasteiger charge is -2.15. The second kappa shape index (κ2) is 6.53. The second-order valence-electron chi connectivity index (χ2n) is 5.71. The normalized spacial score (nSPS) is 14.8. The molecule has 1 atom stereocenters. The molecule has 1 amide bonds. The molecule has 1 aromatic carbocycles. The summed E-state index contributed by atoms with van der Waals surface area (Å²) in [6.45, 7) is 2.03. The molecule has 1 aliphatic rings. The molecule has 118 valence electrons. The zero-order valence-corrected chi connectivity index (χ0v) is 12.9. The number of anilines is 1. The molecule has 0 saturated heterocycles. The lowest BCUT2D eigenvalue weighted by molar-refractivity contribution is -0.118. The number of amides is 1. The van der Waals surface area contributed by atoms with Gasteiger partial charge in [-0.15, -0.1) is 0 Å². The van der Waals surface area contributed by atoms with Gasteiger partial charge in [-0.2, -0.15) is 10.4 Å². The van der Waals surface area contributed by atoms with Crippen LogP contribution in [0.25, 0.3) is 0 Å². The number of aromatic nitrogens is 2. The predicted molar refractivity (Wildman–Crippen MR) is 84.9 cm³/mol. The van der Waals surface area contributed by atoms with E-state index in [0.29, 0.717) is 29.1 Å². The van der Waals surface area contributed by atoms with E-state index in [1.54, 1.807) is 36.5 Å². The molecule has 1 fully saturated rings. The standard InChI is InChI=1S/C17H18N4O2/c1-12(14-4-5-14)21-16(8-9-19-21)20-17(22)11-23-15-6-2-13(10-18)3-7-15/h2-3,6-9,12,14H,4-5,11H2,1H3,(H,20,22). The summed E-state index contributed by atoms with van der Waals surface area (Å²) in [6, 6.07) is 10.8. The van der Waals surface area contributed by atoms with Crippen LogP contribution in [-0.4, -0.2) is 22.3 Å². The Bertz CT molecular complexity index is 726. The molecule has 2 aromatic rings. The first-order chi connectivity index (χ1) is 11.2. The molecule has 1 heterocycles. The molecule has 6 heteroatoms. The van der Waals surface area contributed by atoms with Crippen LogP contribution in [0.15, 0.2) is 36.5 Å². The summed E-state index contributed by atoms with van der Waals surface area (Å²) in [6.07, 6.45) is 4.13. The minimum atomic E-state index is -0.237. The lowest BCUT2D eigenvalue weighted by atomic mass is 10.2. The van der Waals surface area contributed by atoms with Gasteiger partial charge in [-0.25, -0.2) is 4.68 Å². The van der Waals surface area contributed by atoms with Crippen LogP contribution in [-0.2, 0) is 4.79 Å². The fourth-order valence-electron chi connectivity index (χ4n) is 2.47. The summed E-state index contributed by atoms with van der Waals surface area (Å²) < 4.78 is 7.28. The Balaban J connectivity index is 1.55. The molecule has 0 bridgehead atoms. The molecule has 6 nitrogen and oxygen atoms in total. The highest BCUT2D eigenvalue weighted by molar-refractivity contribution is 5.91. The Labute approximate surface area is 134 Å². The third kappa shape index (κ3) is 3.69. The van der Waals surface area contributed by atoms with Gasteiger partial charge in [-0.05, 0) is 49.9 Å². The zero-order chi connectivity index (χ0) is 16.2. The SMILES string of the molecule is CC(C1CC1)n1nccc1NC(=O)COc1ccc(C#N)cc1. The van der Waals surface area contributed by atoms with E-state index in [2.05, 4.69) is 17.3 Å². The number of nitrogens with one attached hydrogen (secondary N) is 1. The molecule has 23 heavy (non-hydrogen) atoms. The van der Waals surface area contributed by atoms with Gasteiger partial charge in [0, 0.05) is 6.07 Å². The number of carbonyl (C=O) groups excluding carboxylic acids is 1. The molecule has 0 spiro atoms. The van der Waals surface area contributed by atoms with Crippen molar-refractivity contribution in [1.29, 1.82) is 5.26 Å². The lowest BCUT2D eigenvalue weighted by Crippen LogP contribution is -2.23. The Hall–Kier alpha value is -2.81. The maximum Gasteiger partial charge on any atom is 0.263 e. The van der Waals surface area contributed by atoms with Gasteiger partial charge in [-0.1, -0.05) is 0 Å². The maximum atomic E-state index is 12.0. The molecule has 1 unspecified atom stereocenters. The van der Waals surface area contributed by atoms with Crippen molar-refractivity contribution in [2.75, 3.05) is 11.9 Å². The van der Waals surface area contributed by atoms with E-state index in [-0.39, 0.29) is 12.5 Å². The first-order valence-corrected chi connectivity index (χ1v) is 7.63. The highest BCUT2D eigenvalue weighted by Gasteiger charge is 2.30. The number of carbonyl (C=O) groups is 1. The first kappa shape index (κ1) is 15.1. The Morgan fingerprint density at radius 1 is 1.43 bits per heavy atom. The predicted octanol–water partition coefficient (Wildman–Crippen LogP) is 2.74. The van der Waals surface area contributed by atoms with Crippen LogP contribution in [0, 0.1) is 17.2 Å².